The Morgan fingerprint density at radius 3 is 2.52 bits per heavy atom. The average molecular weight is 406 g/mol. The number of aromatic amines is 1. The lowest BCUT2D eigenvalue weighted by atomic mass is 9.62. The van der Waals surface area contributed by atoms with Gasteiger partial charge in [-0.3, -0.25) is 9.89 Å². The first-order valence-corrected chi connectivity index (χ1v) is 10.5. The molecule has 1 aromatic heterocycles. The zero-order valence-corrected chi connectivity index (χ0v) is 17.3. The smallest absolute Gasteiger partial charge is 0.152 e. The van der Waals surface area contributed by atoms with Gasteiger partial charge in [-0.05, 0) is 29.5 Å². The molecular weight excluding hydrogens is 382 g/mol. The number of ketones is 1. The maximum absolute atomic E-state index is 13.4. The molecule has 0 saturated heterocycles. The highest BCUT2D eigenvalue weighted by Gasteiger charge is 2.49. The first kappa shape index (κ1) is 18.4. The number of hydrogen-bond acceptors (Lipinski definition) is 3. The molecule has 0 spiro atoms. The van der Waals surface area contributed by atoms with Crippen LogP contribution < -0.4 is 5.32 Å². The zero-order chi connectivity index (χ0) is 20.2. The van der Waals surface area contributed by atoms with E-state index in [-0.39, 0.29) is 23.3 Å². The summed E-state index contributed by atoms with van der Waals surface area (Å²) in [6, 6.07) is 18.2. The fourth-order valence-electron chi connectivity index (χ4n) is 5.16. The van der Waals surface area contributed by atoms with Crippen LogP contribution in [0.4, 0.5) is 5.82 Å². The van der Waals surface area contributed by atoms with Crippen LogP contribution in [0.3, 0.4) is 0 Å². The molecule has 1 aliphatic heterocycles. The van der Waals surface area contributed by atoms with E-state index in [0.717, 1.165) is 34.6 Å². The largest absolute Gasteiger partial charge is 0.365 e. The van der Waals surface area contributed by atoms with Crippen LogP contribution in [0.15, 0.2) is 54.6 Å². The number of nitrogens with zero attached hydrogens (tertiary/aromatic N) is 1. The van der Waals surface area contributed by atoms with E-state index in [1.807, 2.05) is 42.5 Å². The summed E-state index contributed by atoms with van der Waals surface area (Å²) in [6.07, 6.45) is 1.57. The van der Waals surface area contributed by atoms with Crippen LogP contribution in [0.25, 0.3) is 11.3 Å². The molecule has 2 N–H and O–H groups in total. The van der Waals surface area contributed by atoms with E-state index in [4.69, 9.17) is 11.6 Å². The van der Waals surface area contributed by atoms with Gasteiger partial charge < -0.3 is 5.32 Å². The fourth-order valence-corrected chi connectivity index (χ4v) is 5.28. The fraction of sp³-hybridized carbons (Fsp3) is 0.333. The summed E-state index contributed by atoms with van der Waals surface area (Å²) in [5, 5.41) is 12.1. The normalized spacial score (nSPS) is 25.1. The number of aromatic nitrogens is 2. The van der Waals surface area contributed by atoms with E-state index in [9.17, 15) is 4.79 Å². The third-order valence-corrected chi connectivity index (χ3v) is 6.57. The van der Waals surface area contributed by atoms with Crippen LogP contribution in [-0.4, -0.2) is 22.0 Å². The van der Waals surface area contributed by atoms with Crippen LogP contribution >= 0.6 is 11.6 Å². The van der Waals surface area contributed by atoms with Crippen molar-refractivity contribution < 1.29 is 4.79 Å². The number of rotatable bonds is 2. The van der Waals surface area contributed by atoms with Gasteiger partial charge in [0, 0.05) is 40.4 Å². The Morgan fingerprint density at radius 2 is 1.79 bits per heavy atom. The molecular formula is C24H24ClN3O. The Morgan fingerprint density at radius 1 is 1.07 bits per heavy atom. The quantitative estimate of drug-likeness (QED) is 0.578. The lowest BCUT2D eigenvalue weighted by Gasteiger charge is -2.46. The molecule has 3 unspecified atom stereocenters. The molecule has 3 aromatic rings. The van der Waals surface area contributed by atoms with Gasteiger partial charge in [0.15, 0.2) is 5.82 Å². The van der Waals surface area contributed by atoms with Gasteiger partial charge >= 0.3 is 0 Å². The number of H-pyrrole nitrogens is 1. The summed E-state index contributed by atoms with van der Waals surface area (Å²) >= 11 is 6.10. The molecule has 4 nitrogen and oxygen atoms in total. The number of carbonyl (C=O) groups excluding carboxylic acids is 1. The highest BCUT2D eigenvalue weighted by Crippen LogP contribution is 2.51. The Kier molecular flexibility index (Phi) is 4.28. The van der Waals surface area contributed by atoms with Gasteiger partial charge in [0.25, 0.3) is 0 Å². The van der Waals surface area contributed by atoms with Crippen molar-refractivity contribution in [3.8, 4) is 11.3 Å². The van der Waals surface area contributed by atoms with Crippen molar-refractivity contribution in [1.29, 1.82) is 0 Å². The van der Waals surface area contributed by atoms with E-state index in [2.05, 4.69) is 41.5 Å². The van der Waals surface area contributed by atoms with Crippen LogP contribution in [0.5, 0.6) is 0 Å². The highest BCUT2D eigenvalue weighted by molar-refractivity contribution is 6.30. The van der Waals surface area contributed by atoms with Crippen molar-refractivity contribution in [1.82, 2.24) is 10.2 Å². The van der Waals surface area contributed by atoms with Gasteiger partial charge in [-0.2, -0.15) is 5.10 Å². The van der Waals surface area contributed by atoms with Crippen LogP contribution in [-0.2, 0) is 4.79 Å². The minimum Gasteiger partial charge on any atom is -0.365 e. The molecule has 148 valence electrons. The molecule has 1 saturated carbocycles. The Balaban J connectivity index is 1.69. The van der Waals surface area contributed by atoms with Crippen molar-refractivity contribution >= 4 is 23.2 Å². The lowest BCUT2D eigenvalue weighted by molar-refractivity contribution is -0.128. The molecule has 1 fully saturated rings. The molecule has 0 radical (unpaired) electrons. The van der Waals surface area contributed by atoms with E-state index < -0.39 is 0 Å². The molecule has 3 atom stereocenters. The van der Waals surface area contributed by atoms with Crippen molar-refractivity contribution in [2.24, 2.45) is 11.3 Å². The molecule has 0 bridgehead atoms. The van der Waals surface area contributed by atoms with E-state index >= 15 is 0 Å². The van der Waals surface area contributed by atoms with Gasteiger partial charge in [0.2, 0.25) is 0 Å². The third-order valence-electron chi connectivity index (χ3n) is 6.32. The second-order valence-corrected chi connectivity index (χ2v) is 9.48. The maximum atomic E-state index is 13.4. The lowest BCUT2D eigenvalue weighted by Crippen LogP contribution is -2.50. The first-order valence-electron chi connectivity index (χ1n) is 10.1. The molecule has 2 heterocycles. The van der Waals surface area contributed by atoms with E-state index in [0.29, 0.717) is 17.2 Å². The van der Waals surface area contributed by atoms with E-state index in [1.165, 1.54) is 0 Å². The number of benzene rings is 2. The van der Waals surface area contributed by atoms with Gasteiger partial charge in [0.05, 0.1) is 5.69 Å². The van der Waals surface area contributed by atoms with Crippen LogP contribution in [0.1, 0.15) is 43.7 Å². The minimum absolute atomic E-state index is 0.000687. The molecule has 5 rings (SSSR count). The van der Waals surface area contributed by atoms with Crippen molar-refractivity contribution in [3.05, 3.63) is 70.7 Å². The van der Waals surface area contributed by atoms with Gasteiger partial charge in [-0.1, -0.05) is 67.9 Å². The number of carbonyl (C=O) groups is 1. The SMILES string of the molecule is CC1(C)CC(=O)C2C(C1)Nc1n[nH]c(-c3ccc(Cl)cc3)c1C2c1ccccc1. The van der Waals surface area contributed by atoms with E-state index in [1.54, 1.807) is 0 Å². The average Bonchev–Trinajstić information content (AvgIpc) is 3.10. The number of Topliss-reactive ketones (excluding diaryl/α,β-unsaturated/α-hetero) is 1. The standard InChI is InChI=1S/C24H24ClN3O/c1-24(2)12-17-20(18(29)13-24)19(14-6-4-3-5-7-14)21-22(27-28-23(21)26-17)15-8-10-16(25)11-9-15/h3-11,17,19-20H,12-13H2,1-2H3,(H2,26,27,28). The summed E-state index contributed by atoms with van der Waals surface area (Å²) in [5.41, 5.74) is 4.21. The summed E-state index contributed by atoms with van der Waals surface area (Å²) in [4.78, 5) is 13.4. The van der Waals surface area contributed by atoms with Gasteiger partial charge in [0.1, 0.15) is 5.78 Å². The predicted molar refractivity (Wildman–Crippen MR) is 116 cm³/mol. The number of anilines is 1. The predicted octanol–water partition coefficient (Wildman–Crippen LogP) is 5.66. The minimum atomic E-state index is -0.0958. The van der Waals surface area contributed by atoms with Crippen LogP contribution in [0.2, 0.25) is 5.02 Å². The van der Waals surface area contributed by atoms with Crippen molar-refractivity contribution in [3.63, 3.8) is 0 Å². The Labute approximate surface area is 175 Å². The summed E-state index contributed by atoms with van der Waals surface area (Å²) < 4.78 is 0. The highest BCUT2D eigenvalue weighted by atomic mass is 35.5. The topological polar surface area (TPSA) is 57.8 Å². The summed E-state index contributed by atoms with van der Waals surface area (Å²) in [5.74, 6) is 1.07. The second-order valence-electron chi connectivity index (χ2n) is 9.04. The molecule has 2 aliphatic rings. The van der Waals surface area contributed by atoms with Gasteiger partial charge in [-0.25, -0.2) is 0 Å². The van der Waals surface area contributed by atoms with Crippen LogP contribution in [0, 0.1) is 11.3 Å². The number of hydrogen-bond donors (Lipinski definition) is 2. The Bertz CT molecular complexity index is 1060. The summed E-state index contributed by atoms with van der Waals surface area (Å²) in [7, 11) is 0. The Hall–Kier alpha value is -2.59. The number of fused-ring (bicyclic) bond motifs is 2. The third kappa shape index (κ3) is 3.16. The monoisotopic (exact) mass is 405 g/mol. The number of halogens is 1. The molecule has 2 aromatic carbocycles. The summed E-state index contributed by atoms with van der Waals surface area (Å²) in [6.45, 7) is 4.36. The van der Waals surface area contributed by atoms with Crippen molar-refractivity contribution in [2.45, 2.75) is 38.6 Å². The van der Waals surface area contributed by atoms with Crippen molar-refractivity contribution in [2.75, 3.05) is 5.32 Å². The maximum Gasteiger partial charge on any atom is 0.152 e. The zero-order valence-electron chi connectivity index (χ0n) is 16.6. The number of nitrogens with one attached hydrogen (secondary N) is 2. The second kappa shape index (κ2) is 6.74. The first-order chi connectivity index (χ1) is 13.9. The molecule has 5 heteroatoms. The molecule has 1 aliphatic carbocycles. The molecule has 0 amide bonds. The molecule has 29 heavy (non-hydrogen) atoms. The van der Waals surface area contributed by atoms with Gasteiger partial charge in [-0.15, -0.1) is 0 Å².